The average molecular weight is 330 g/mol. The summed E-state index contributed by atoms with van der Waals surface area (Å²) >= 11 is 5.77. The van der Waals surface area contributed by atoms with Gasteiger partial charge in [0.2, 0.25) is 5.91 Å². The van der Waals surface area contributed by atoms with Crippen LogP contribution in [0.15, 0.2) is 24.3 Å². The number of amides is 1. The van der Waals surface area contributed by atoms with E-state index in [2.05, 4.69) is 5.32 Å². The molecule has 7 heteroatoms. The molecule has 1 amide bonds. The zero-order chi connectivity index (χ0) is 16.5. The molecule has 0 spiro atoms. The van der Waals surface area contributed by atoms with Gasteiger partial charge in [-0.3, -0.25) is 4.79 Å². The fourth-order valence-electron chi connectivity index (χ4n) is 1.71. The molecule has 0 bridgehead atoms. The number of carbonyl (C=O) groups is 2. The third kappa shape index (κ3) is 6.01. The van der Waals surface area contributed by atoms with Gasteiger partial charge in [0.25, 0.3) is 0 Å². The number of hydrogen-bond donors (Lipinski definition) is 2. The lowest BCUT2D eigenvalue weighted by atomic mass is 10.1. The molecule has 0 saturated heterocycles. The molecule has 0 aliphatic rings. The number of benzene rings is 1. The number of hydrogen-bond acceptors (Lipinski definition) is 4. The Hall–Kier alpha value is -1.63. The van der Waals surface area contributed by atoms with Crippen LogP contribution in [0.5, 0.6) is 0 Å². The molecule has 1 rings (SSSR count). The average Bonchev–Trinajstić information content (AvgIpc) is 2.49. The van der Waals surface area contributed by atoms with E-state index in [1.54, 1.807) is 31.2 Å². The number of ether oxygens (including phenoxy) is 2. The second-order valence-corrected chi connectivity index (χ2v) is 4.98. The van der Waals surface area contributed by atoms with Crippen LogP contribution in [-0.2, 0) is 19.1 Å². The molecular formula is C15H20ClNO5. The van der Waals surface area contributed by atoms with Crippen molar-refractivity contribution in [3.8, 4) is 0 Å². The molecule has 2 N–H and O–H groups in total. The fraction of sp³-hybridized carbons (Fsp3) is 0.467. The minimum Gasteiger partial charge on any atom is -0.479 e. The van der Waals surface area contributed by atoms with Gasteiger partial charge in [-0.25, -0.2) is 4.79 Å². The molecule has 0 fully saturated rings. The molecule has 0 aliphatic carbocycles. The molecule has 0 aliphatic heterocycles. The van der Waals surface area contributed by atoms with Gasteiger partial charge in [0.1, 0.15) is 6.10 Å². The summed E-state index contributed by atoms with van der Waals surface area (Å²) in [5.74, 6) is -1.66. The van der Waals surface area contributed by atoms with Crippen molar-refractivity contribution in [3.63, 3.8) is 0 Å². The Balaban J connectivity index is 2.61. The van der Waals surface area contributed by atoms with Crippen LogP contribution < -0.4 is 5.32 Å². The van der Waals surface area contributed by atoms with Crippen LogP contribution in [0.4, 0.5) is 0 Å². The second-order valence-electron chi connectivity index (χ2n) is 4.54. The first-order valence-corrected chi connectivity index (χ1v) is 7.31. The number of rotatable bonds is 9. The van der Waals surface area contributed by atoms with Crippen molar-refractivity contribution in [1.29, 1.82) is 0 Å². The molecule has 2 unspecified atom stereocenters. The third-order valence-corrected chi connectivity index (χ3v) is 3.16. The fourth-order valence-corrected chi connectivity index (χ4v) is 1.83. The molecule has 6 nitrogen and oxygen atoms in total. The summed E-state index contributed by atoms with van der Waals surface area (Å²) in [6.45, 7) is 4.64. The van der Waals surface area contributed by atoms with Gasteiger partial charge in [0, 0.05) is 11.6 Å². The van der Waals surface area contributed by atoms with Crippen LogP contribution in [0.3, 0.4) is 0 Å². The van der Waals surface area contributed by atoms with Gasteiger partial charge in [0.15, 0.2) is 6.04 Å². The summed E-state index contributed by atoms with van der Waals surface area (Å²) in [4.78, 5) is 23.3. The SMILES string of the molecule is CCOCCOC(C)C(=O)NC(C(=O)O)c1ccc(Cl)cc1. The molecule has 0 radical (unpaired) electrons. The van der Waals surface area contributed by atoms with Crippen LogP contribution in [0, 0.1) is 0 Å². The van der Waals surface area contributed by atoms with Crippen molar-refractivity contribution in [3.05, 3.63) is 34.9 Å². The Labute approximate surface area is 134 Å². The lowest BCUT2D eigenvalue weighted by Crippen LogP contribution is -2.40. The van der Waals surface area contributed by atoms with E-state index < -0.39 is 24.0 Å². The first kappa shape index (κ1) is 18.4. The van der Waals surface area contributed by atoms with Crippen molar-refractivity contribution in [2.45, 2.75) is 26.0 Å². The maximum atomic E-state index is 12.0. The van der Waals surface area contributed by atoms with Crippen molar-refractivity contribution in [2.24, 2.45) is 0 Å². The molecular weight excluding hydrogens is 310 g/mol. The standard InChI is InChI=1S/C15H20ClNO5/c1-3-21-8-9-22-10(2)14(18)17-13(15(19)20)11-4-6-12(16)7-5-11/h4-7,10,13H,3,8-9H2,1-2H3,(H,17,18)(H,19,20). The maximum Gasteiger partial charge on any atom is 0.330 e. The van der Waals surface area contributed by atoms with E-state index in [-0.39, 0.29) is 6.61 Å². The van der Waals surface area contributed by atoms with E-state index in [0.717, 1.165) is 0 Å². The van der Waals surface area contributed by atoms with Gasteiger partial charge >= 0.3 is 5.97 Å². The number of aliphatic carboxylic acids is 1. The number of carboxylic acids is 1. The molecule has 2 atom stereocenters. The highest BCUT2D eigenvalue weighted by atomic mass is 35.5. The maximum absolute atomic E-state index is 12.0. The quantitative estimate of drug-likeness (QED) is 0.677. The number of carbonyl (C=O) groups excluding carboxylic acids is 1. The topological polar surface area (TPSA) is 84.9 Å². The Kier molecular flexibility index (Phi) is 7.87. The predicted octanol–water partition coefficient (Wildman–Crippen LogP) is 2.02. The Bertz CT molecular complexity index is 491. The molecule has 1 aromatic rings. The van der Waals surface area contributed by atoms with E-state index in [0.29, 0.717) is 23.8 Å². The van der Waals surface area contributed by atoms with E-state index in [9.17, 15) is 14.7 Å². The van der Waals surface area contributed by atoms with E-state index in [1.807, 2.05) is 6.92 Å². The van der Waals surface area contributed by atoms with Crippen molar-refractivity contribution < 1.29 is 24.2 Å². The summed E-state index contributed by atoms with van der Waals surface area (Å²) in [5.41, 5.74) is 0.437. The van der Waals surface area contributed by atoms with Gasteiger partial charge in [-0.05, 0) is 31.5 Å². The van der Waals surface area contributed by atoms with Crippen LogP contribution >= 0.6 is 11.6 Å². The Morgan fingerprint density at radius 1 is 1.27 bits per heavy atom. The second kappa shape index (κ2) is 9.40. The van der Waals surface area contributed by atoms with E-state index in [1.165, 1.54) is 0 Å². The van der Waals surface area contributed by atoms with Gasteiger partial charge in [-0.1, -0.05) is 23.7 Å². The van der Waals surface area contributed by atoms with Crippen LogP contribution in [0.2, 0.25) is 5.02 Å². The predicted molar refractivity (Wildman–Crippen MR) is 81.9 cm³/mol. The van der Waals surface area contributed by atoms with Crippen LogP contribution in [-0.4, -0.2) is 42.9 Å². The molecule has 1 aromatic carbocycles. The molecule has 122 valence electrons. The zero-order valence-electron chi connectivity index (χ0n) is 12.5. The highest BCUT2D eigenvalue weighted by Gasteiger charge is 2.24. The normalized spacial score (nSPS) is 13.4. The number of halogens is 1. The van der Waals surface area contributed by atoms with Crippen LogP contribution in [0.25, 0.3) is 0 Å². The van der Waals surface area contributed by atoms with Crippen molar-refractivity contribution in [2.75, 3.05) is 19.8 Å². The Morgan fingerprint density at radius 3 is 2.45 bits per heavy atom. The van der Waals surface area contributed by atoms with E-state index in [4.69, 9.17) is 21.1 Å². The number of carboxylic acid groups (broad SMARTS) is 1. The monoisotopic (exact) mass is 329 g/mol. The minimum absolute atomic E-state index is 0.265. The largest absolute Gasteiger partial charge is 0.479 e. The number of nitrogens with one attached hydrogen (secondary N) is 1. The highest BCUT2D eigenvalue weighted by molar-refractivity contribution is 6.30. The van der Waals surface area contributed by atoms with Gasteiger partial charge in [-0.15, -0.1) is 0 Å². The molecule has 0 heterocycles. The minimum atomic E-state index is -1.16. The molecule has 0 saturated carbocycles. The summed E-state index contributed by atoms with van der Waals surface area (Å²) in [6.07, 6.45) is -0.769. The third-order valence-electron chi connectivity index (χ3n) is 2.91. The molecule has 0 aromatic heterocycles. The highest BCUT2D eigenvalue weighted by Crippen LogP contribution is 2.17. The van der Waals surface area contributed by atoms with Gasteiger partial charge in [-0.2, -0.15) is 0 Å². The summed E-state index contributed by atoms with van der Waals surface area (Å²) < 4.78 is 10.4. The molecule has 22 heavy (non-hydrogen) atoms. The van der Waals surface area contributed by atoms with Crippen LogP contribution in [0.1, 0.15) is 25.5 Å². The lowest BCUT2D eigenvalue weighted by molar-refractivity contribution is -0.144. The van der Waals surface area contributed by atoms with Crippen molar-refractivity contribution in [1.82, 2.24) is 5.32 Å². The Morgan fingerprint density at radius 2 is 1.91 bits per heavy atom. The summed E-state index contributed by atoms with van der Waals surface area (Å²) in [7, 11) is 0. The van der Waals surface area contributed by atoms with Gasteiger partial charge in [0.05, 0.1) is 13.2 Å². The summed E-state index contributed by atoms with van der Waals surface area (Å²) in [6, 6.07) is 5.11. The first-order valence-electron chi connectivity index (χ1n) is 6.93. The smallest absolute Gasteiger partial charge is 0.330 e. The summed E-state index contributed by atoms with van der Waals surface area (Å²) in [5, 5.41) is 12.2. The first-order chi connectivity index (χ1) is 10.5. The van der Waals surface area contributed by atoms with Crippen molar-refractivity contribution >= 4 is 23.5 Å². The zero-order valence-corrected chi connectivity index (χ0v) is 13.3. The van der Waals surface area contributed by atoms with E-state index >= 15 is 0 Å². The van der Waals surface area contributed by atoms with Gasteiger partial charge < -0.3 is 19.9 Å². The lowest BCUT2D eigenvalue weighted by Gasteiger charge is -2.18.